The first-order valence-electron chi connectivity index (χ1n) is 8.99. The van der Waals surface area contributed by atoms with Crippen molar-refractivity contribution in [3.05, 3.63) is 71.7 Å². The third kappa shape index (κ3) is 4.95. The van der Waals surface area contributed by atoms with Crippen molar-refractivity contribution in [2.24, 2.45) is 0 Å². The number of ether oxygens (including phenoxy) is 2. The monoisotopic (exact) mass is 394 g/mol. The lowest BCUT2D eigenvalue weighted by Crippen LogP contribution is -2.20. The van der Waals surface area contributed by atoms with Gasteiger partial charge in [0.05, 0.1) is 19.1 Å². The molecule has 0 unspecified atom stereocenters. The van der Waals surface area contributed by atoms with Crippen LogP contribution in [0.1, 0.15) is 21.7 Å². The standard InChI is InChI=1S/C22H22N2O5/c1-14-6-4-7-18(15(14)2)29-13-21(25)23-16-9-10-17(20(12-16)27-3)24-22(26)19-8-5-11-28-19/h4-12H,13H2,1-3H3,(H,23,25)(H,24,26). The SMILES string of the molecule is COc1cc(NC(=O)COc2cccc(C)c2C)ccc1NC(=O)c1ccco1. The van der Waals surface area contributed by atoms with Crippen LogP contribution in [0.4, 0.5) is 11.4 Å². The molecule has 0 aliphatic heterocycles. The quantitative estimate of drug-likeness (QED) is 0.628. The van der Waals surface area contributed by atoms with E-state index < -0.39 is 5.91 Å². The average Bonchev–Trinajstić information content (AvgIpc) is 3.25. The zero-order chi connectivity index (χ0) is 20.8. The number of carbonyl (C=O) groups excluding carboxylic acids is 2. The van der Waals surface area contributed by atoms with E-state index >= 15 is 0 Å². The van der Waals surface area contributed by atoms with Gasteiger partial charge in [0.25, 0.3) is 11.8 Å². The highest BCUT2D eigenvalue weighted by Gasteiger charge is 2.13. The zero-order valence-electron chi connectivity index (χ0n) is 16.4. The lowest BCUT2D eigenvalue weighted by Gasteiger charge is -2.13. The first-order valence-corrected chi connectivity index (χ1v) is 8.99. The average molecular weight is 394 g/mol. The smallest absolute Gasteiger partial charge is 0.291 e. The first-order chi connectivity index (χ1) is 14.0. The molecule has 29 heavy (non-hydrogen) atoms. The van der Waals surface area contributed by atoms with Gasteiger partial charge in [-0.1, -0.05) is 12.1 Å². The molecule has 2 N–H and O–H groups in total. The molecule has 0 bridgehead atoms. The van der Waals surface area contributed by atoms with E-state index in [2.05, 4.69) is 10.6 Å². The van der Waals surface area contributed by atoms with Crippen LogP contribution in [0.5, 0.6) is 11.5 Å². The molecule has 7 nitrogen and oxygen atoms in total. The normalized spacial score (nSPS) is 10.3. The topological polar surface area (TPSA) is 89.8 Å². The molecule has 0 atom stereocenters. The Balaban J connectivity index is 1.62. The van der Waals surface area contributed by atoms with Crippen molar-refractivity contribution in [1.82, 2.24) is 0 Å². The highest BCUT2D eigenvalue weighted by Crippen LogP contribution is 2.28. The first kappa shape index (κ1) is 20.0. The van der Waals surface area contributed by atoms with Gasteiger partial charge in [0.15, 0.2) is 12.4 Å². The predicted molar refractivity (Wildman–Crippen MR) is 110 cm³/mol. The summed E-state index contributed by atoms with van der Waals surface area (Å²) in [5, 5.41) is 5.46. The van der Waals surface area contributed by atoms with Crippen molar-refractivity contribution in [3.63, 3.8) is 0 Å². The summed E-state index contributed by atoms with van der Waals surface area (Å²) in [5.74, 6) is 0.562. The van der Waals surface area contributed by atoms with Gasteiger partial charge in [0.1, 0.15) is 11.5 Å². The summed E-state index contributed by atoms with van der Waals surface area (Å²) >= 11 is 0. The minimum atomic E-state index is -0.396. The third-order valence-electron chi connectivity index (χ3n) is 4.39. The molecule has 0 spiro atoms. The Kier molecular flexibility index (Phi) is 6.19. The van der Waals surface area contributed by atoms with Gasteiger partial charge >= 0.3 is 0 Å². The number of methoxy groups -OCH3 is 1. The van der Waals surface area contributed by atoms with Crippen molar-refractivity contribution in [2.45, 2.75) is 13.8 Å². The van der Waals surface area contributed by atoms with Crippen LogP contribution in [0, 0.1) is 13.8 Å². The Morgan fingerprint density at radius 3 is 2.55 bits per heavy atom. The van der Waals surface area contributed by atoms with E-state index in [9.17, 15) is 9.59 Å². The maximum atomic E-state index is 12.2. The Morgan fingerprint density at radius 2 is 1.83 bits per heavy atom. The van der Waals surface area contributed by atoms with Gasteiger partial charge in [-0.2, -0.15) is 0 Å². The summed E-state index contributed by atoms with van der Waals surface area (Å²) in [6.07, 6.45) is 1.42. The van der Waals surface area contributed by atoms with Crippen molar-refractivity contribution >= 4 is 23.2 Å². The summed E-state index contributed by atoms with van der Waals surface area (Å²) in [7, 11) is 1.48. The maximum absolute atomic E-state index is 12.2. The van der Waals surface area contributed by atoms with E-state index in [1.807, 2.05) is 32.0 Å². The third-order valence-corrected chi connectivity index (χ3v) is 4.39. The Morgan fingerprint density at radius 1 is 1.00 bits per heavy atom. The van der Waals surface area contributed by atoms with Crippen LogP contribution in [0.15, 0.2) is 59.2 Å². The van der Waals surface area contributed by atoms with E-state index in [-0.39, 0.29) is 18.3 Å². The van der Waals surface area contributed by atoms with Gasteiger partial charge in [0, 0.05) is 11.8 Å². The molecule has 3 aromatic rings. The number of furan rings is 1. The number of amides is 2. The number of hydrogen-bond donors (Lipinski definition) is 2. The number of aryl methyl sites for hydroxylation is 1. The van der Waals surface area contributed by atoms with Crippen molar-refractivity contribution in [1.29, 1.82) is 0 Å². The molecule has 2 aromatic carbocycles. The Labute approximate surface area is 168 Å². The fourth-order valence-corrected chi connectivity index (χ4v) is 2.68. The fourth-order valence-electron chi connectivity index (χ4n) is 2.68. The largest absolute Gasteiger partial charge is 0.494 e. The fraction of sp³-hybridized carbons (Fsp3) is 0.182. The van der Waals surface area contributed by atoms with E-state index in [1.165, 1.54) is 13.4 Å². The summed E-state index contributed by atoms with van der Waals surface area (Å²) in [5.41, 5.74) is 3.07. The summed E-state index contributed by atoms with van der Waals surface area (Å²) < 4.78 is 16.0. The van der Waals surface area contributed by atoms with Crippen LogP contribution in [-0.4, -0.2) is 25.5 Å². The highest BCUT2D eigenvalue weighted by atomic mass is 16.5. The molecular weight excluding hydrogens is 372 g/mol. The minimum absolute atomic E-state index is 0.121. The van der Waals surface area contributed by atoms with Gasteiger partial charge in [-0.25, -0.2) is 0 Å². The van der Waals surface area contributed by atoms with Gasteiger partial charge in [-0.3, -0.25) is 9.59 Å². The molecule has 0 fully saturated rings. The number of nitrogens with one attached hydrogen (secondary N) is 2. The number of hydrogen-bond acceptors (Lipinski definition) is 5. The van der Waals surface area contributed by atoms with Crippen LogP contribution in [-0.2, 0) is 4.79 Å². The number of anilines is 2. The van der Waals surface area contributed by atoms with Gasteiger partial charge in [0.2, 0.25) is 0 Å². The second kappa shape index (κ2) is 8.97. The molecule has 0 aliphatic rings. The van der Waals surface area contributed by atoms with Crippen molar-refractivity contribution < 1.29 is 23.5 Å². The molecule has 1 heterocycles. The highest BCUT2D eigenvalue weighted by molar-refractivity contribution is 6.03. The van der Waals surface area contributed by atoms with Crippen LogP contribution >= 0.6 is 0 Å². The number of carbonyl (C=O) groups is 2. The van der Waals surface area contributed by atoms with E-state index in [4.69, 9.17) is 13.9 Å². The summed E-state index contributed by atoms with van der Waals surface area (Å²) in [6, 6.07) is 13.8. The molecule has 0 saturated carbocycles. The lowest BCUT2D eigenvalue weighted by molar-refractivity contribution is -0.118. The molecule has 0 radical (unpaired) electrons. The second-order valence-electron chi connectivity index (χ2n) is 6.38. The van der Waals surface area contributed by atoms with Gasteiger partial charge < -0.3 is 24.5 Å². The Bertz CT molecular complexity index is 1010. The van der Waals surface area contributed by atoms with Crippen LogP contribution in [0.3, 0.4) is 0 Å². The van der Waals surface area contributed by atoms with E-state index in [1.54, 1.807) is 30.3 Å². The Hall–Kier alpha value is -3.74. The molecule has 1 aromatic heterocycles. The molecule has 7 heteroatoms. The van der Waals surface area contributed by atoms with Crippen molar-refractivity contribution in [3.8, 4) is 11.5 Å². The van der Waals surface area contributed by atoms with Crippen LogP contribution in [0.25, 0.3) is 0 Å². The molecular formula is C22H22N2O5. The van der Waals surface area contributed by atoms with Crippen LogP contribution < -0.4 is 20.1 Å². The molecule has 2 amide bonds. The van der Waals surface area contributed by atoms with E-state index in [0.717, 1.165) is 11.1 Å². The molecule has 150 valence electrons. The summed E-state index contributed by atoms with van der Waals surface area (Å²) in [4.78, 5) is 24.4. The van der Waals surface area contributed by atoms with Gasteiger partial charge in [-0.05, 0) is 55.3 Å². The van der Waals surface area contributed by atoms with Crippen LogP contribution in [0.2, 0.25) is 0 Å². The molecule has 3 rings (SSSR count). The summed E-state index contributed by atoms with van der Waals surface area (Å²) in [6.45, 7) is 3.81. The van der Waals surface area contributed by atoms with Gasteiger partial charge in [-0.15, -0.1) is 0 Å². The zero-order valence-corrected chi connectivity index (χ0v) is 16.4. The number of benzene rings is 2. The van der Waals surface area contributed by atoms with Crippen molar-refractivity contribution in [2.75, 3.05) is 24.4 Å². The second-order valence-corrected chi connectivity index (χ2v) is 6.38. The predicted octanol–water partition coefficient (Wildman–Crippen LogP) is 4.17. The number of rotatable bonds is 7. The molecule has 0 saturated heterocycles. The molecule has 0 aliphatic carbocycles. The van der Waals surface area contributed by atoms with E-state index in [0.29, 0.717) is 22.9 Å². The maximum Gasteiger partial charge on any atom is 0.291 e. The lowest BCUT2D eigenvalue weighted by atomic mass is 10.1. The minimum Gasteiger partial charge on any atom is -0.494 e.